The molecule has 47 heavy (non-hydrogen) atoms. The lowest BCUT2D eigenvalue weighted by Crippen LogP contribution is -2.47. The molecule has 13 nitrogen and oxygen atoms in total. The fourth-order valence-corrected chi connectivity index (χ4v) is 7.39. The highest BCUT2D eigenvalue weighted by molar-refractivity contribution is 6.00. The number of aliphatic hydroxyl groups is 2. The van der Waals surface area contributed by atoms with Crippen LogP contribution in [0.25, 0.3) is 11.4 Å². The van der Waals surface area contributed by atoms with Crippen LogP contribution >= 0.6 is 0 Å². The standard InChI is InChI=1S/C34H45N9O4/c1-2-40-15-17-41(18-16-40)26-9-7-25(8-10-26)36-34(46)35-24-5-3-23(4-6-24)31-37-32(42-27(19-44)11-12-28(42)20-45)39-33(38-31)43-29-13-14-30(43)22-47-21-29/h3-10,27-30,44-45H,2,11-22H2,1H3,(H2,35,36,46)/t27-,28+,29?,30?. The maximum Gasteiger partial charge on any atom is 0.323 e. The van der Waals surface area contributed by atoms with E-state index in [1.807, 2.05) is 41.3 Å². The van der Waals surface area contributed by atoms with Gasteiger partial charge in [-0.25, -0.2) is 4.79 Å². The predicted octanol–water partition coefficient (Wildman–Crippen LogP) is 3.01. The number of nitrogens with one attached hydrogen (secondary N) is 2. The van der Waals surface area contributed by atoms with Gasteiger partial charge < -0.3 is 45.2 Å². The van der Waals surface area contributed by atoms with Crippen molar-refractivity contribution < 1.29 is 19.7 Å². The van der Waals surface area contributed by atoms with Crippen molar-refractivity contribution in [3.8, 4) is 11.4 Å². The lowest BCUT2D eigenvalue weighted by atomic mass is 10.2. The zero-order valence-electron chi connectivity index (χ0n) is 27.0. The summed E-state index contributed by atoms with van der Waals surface area (Å²) < 4.78 is 5.81. The van der Waals surface area contributed by atoms with Gasteiger partial charge in [-0.2, -0.15) is 15.0 Å². The number of hydrogen-bond donors (Lipinski definition) is 4. The van der Waals surface area contributed by atoms with Crippen LogP contribution < -0.4 is 25.3 Å². The molecule has 4 atom stereocenters. The molecule has 2 aromatic carbocycles. The van der Waals surface area contributed by atoms with Crippen LogP contribution in [0.3, 0.4) is 0 Å². The maximum absolute atomic E-state index is 12.9. The molecule has 0 spiro atoms. The normalized spacial score (nSPS) is 24.5. The van der Waals surface area contributed by atoms with Crippen LogP contribution in [0.1, 0.15) is 32.6 Å². The SMILES string of the molecule is CCN1CCN(c2ccc(NC(=O)Nc3ccc(-c4nc(N5C6CCC5COC6)nc(N5[C@H](CO)CC[C@@H]5CO)n4)cc3)cc2)CC1. The minimum Gasteiger partial charge on any atom is -0.394 e. The number of ether oxygens (including phenoxy) is 1. The van der Waals surface area contributed by atoms with Gasteiger partial charge in [0.05, 0.1) is 50.6 Å². The van der Waals surface area contributed by atoms with E-state index >= 15 is 0 Å². The molecule has 0 aliphatic carbocycles. The Morgan fingerprint density at radius 1 is 0.766 bits per heavy atom. The molecule has 250 valence electrons. The summed E-state index contributed by atoms with van der Waals surface area (Å²) in [5, 5.41) is 26.1. The molecular weight excluding hydrogens is 598 g/mol. The average Bonchev–Trinajstić information content (AvgIpc) is 3.65. The van der Waals surface area contributed by atoms with Gasteiger partial charge in [0, 0.05) is 48.8 Å². The van der Waals surface area contributed by atoms with Crippen LogP contribution in [-0.4, -0.2) is 119 Å². The van der Waals surface area contributed by atoms with E-state index in [4.69, 9.17) is 19.7 Å². The van der Waals surface area contributed by atoms with Crippen molar-refractivity contribution in [2.75, 3.05) is 84.5 Å². The molecule has 4 fully saturated rings. The maximum atomic E-state index is 12.9. The van der Waals surface area contributed by atoms with Gasteiger partial charge in [0.2, 0.25) is 11.9 Å². The molecule has 3 aromatic rings. The van der Waals surface area contributed by atoms with E-state index in [0.29, 0.717) is 36.6 Å². The number of benzene rings is 2. The minimum atomic E-state index is -0.325. The Labute approximate surface area is 275 Å². The highest BCUT2D eigenvalue weighted by Gasteiger charge is 2.41. The van der Waals surface area contributed by atoms with Gasteiger partial charge in [-0.05, 0) is 80.8 Å². The van der Waals surface area contributed by atoms with Crippen molar-refractivity contribution in [2.45, 2.75) is 56.8 Å². The Balaban J connectivity index is 1.06. The van der Waals surface area contributed by atoms with Crippen molar-refractivity contribution in [3.63, 3.8) is 0 Å². The predicted molar refractivity (Wildman–Crippen MR) is 182 cm³/mol. The van der Waals surface area contributed by atoms with Crippen LogP contribution in [0.2, 0.25) is 0 Å². The van der Waals surface area contributed by atoms with Crippen LogP contribution in [0.5, 0.6) is 0 Å². The van der Waals surface area contributed by atoms with Crippen LogP contribution in [-0.2, 0) is 4.74 Å². The Morgan fingerprint density at radius 3 is 1.87 bits per heavy atom. The topological polar surface area (TPSA) is 142 Å². The molecule has 0 radical (unpaired) electrons. The number of likely N-dealkylation sites (N-methyl/N-ethyl adjacent to an activating group) is 1. The quantitative estimate of drug-likeness (QED) is 0.273. The molecule has 5 heterocycles. The second-order valence-corrected chi connectivity index (χ2v) is 12.9. The number of morpholine rings is 1. The lowest BCUT2D eigenvalue weighted by Gasteiger charge is -2.36. The van der Waals surface area contributed by atoms with Crippen LogP contribution in [0, 0.1) is 0 Å². The minimum absolute atomic E-state index is 0.0431. The van der Waals surface area contributed by atoms with E-state index in [2.05, 4.69) is 44.4 Å². The van der Waals surface area contributed by atoms with E-state index < -0.39 is 0 Å². The third-order valence-corrected chi connectivity index (χ3v) is 10.1. The number of fused-ring (bicyclic) bond motifs is 2. The first-order valence-electron chi connectivity index (χ1n) is 16.9. The van der Waals surface area contributed by atoms with Gasteiger partial charge in [0.25, 0.3) is 0 Å². The van der Waals surface area contributed by atoms with E-state index in [1.165, 1.54) is 0 Å². The van der Waals surface area contributed by atoms with Gasteiger partial charge in [-0.3, -0.25) is 0 Å². The molecule has 4 aliphatic rings. The molecule has 2 amide bonds. The summed E-state index contributed by atoms with van der Waals surface area (Å²) >= 11 is 0. The van der Waals surface area contributed by atoms with E-state index in [0.717, 1.165) is 75.3 Å². The third kappa shape index (κ3) is 6.71. The Bertz CT molecular complexity index is 1490. The first-order valence-corrected chi connectivity index (χ1v) is 16.9. The summed E-state index contributed by atoms with van der Waals surface area (Å²) in [5.41, 5.74) is 3.30. The fourth-order valence-electron chi connectivity index (χ4n) is 7.39. The van der Waals surface area contributed by atoms with Crippen LogP contribution in [0.4, 0.5) is 33.8 Å². The summed E-state index contributed by atoms with van der Waals surface area (Å²) in [5.74, 6) is 1.56. The Kier molecular flexibility index (Phi) is 9.39. The number of nitrogens with zero attached hydrogens (tertiary/aromatic N) is 7. The molecule has 4 saturated heterocycles. The van der Waals surface area contributed by atoms with E-state index in [9.17, 15) is 15.0 Å². The van der Waals surface area contributed by atoms with Crippen molar-refractivity contribution in [1.82, 2.24) is 19.9 Å². The molecule has 4 aliphatic heterocycles. The zero-order chi connectivity index (χ0) is 32.3. The number of rotatable bonds is 9. The van der Waals surface area contributed by atoms with Crippen molar-refractivity contribution in [3.05, 3.63) is 48.5 Å². The number of aliphatic hydroxyl groups excluding tert-OH is 2. The van der Waals surface area contributed by atoms with Gasteiger partial charge >= 0.3 is 6.03 Å². The zero-order valence-corrected chi connectivity index (χ0v) is 27.0. The molecule has 0 saturated carbocycles. The lowest BCUT2D eigenvalue weighted by molar-refractivity contribution is 0.0897. The van der Waals surface area contributed by atoms with Gasteiger partial charge in [0.15, 0.2) is 5.82 Å². The summed E-state index contributed by atoms with van der Waals surface area (Å²) in [6, 6.07) is 15.2. The van der Waals surface area contributed by atoms with Crippen molar-refractivity contribution in [2.24, 2.45) is 0 Å². The number of amides is 2. The molecule has 2 unspecified atom stereocenters. The first-order chi connectivity index (χ1) is 23.0. The summed E-state index contributed by atoms with van der Waals surface area (Å²) in [6.07, 6.45) is 3.55. The second kappa shape index (κ2) is 14.0. The smallest absolute Gasteiger partial charge is 0.323 e. The summed E-state index contributed by atoms with van der Waals surface area (Å²) in [6.45, 7) is 8.60. The molecule has 13 heteroatoms. The number of hydrogen-bond acceptors (Lipinski definition) is 11. The Hall–Kier alpha value is -4.04. The van der Waals surface area contributed by atoms with Gasteiger partial charge in [0.1, 0.15) is 0 Å². The number of carbonyl (C=O) groups excluding carboxylic acids is 1. The van der Waals surface area contributed by atoms with E-state index in [-0.39, 0.29) is 43.4 Å². The summed E-state index contributed by atoms with van der Waals surface area (Å²) in [4.78, 5) is 36.6. The number of carbonyl (C=O) groups is 1. The highest BCUT2D eigenvalue weighted by atomic mass is 16.5. The number of piperazine rings is 1. The highest BCUT2D eigenvalue weighted by Crippen LogP contribution is 2.36. The van der Waals surface area contributed by atoms with Crippen molar-refractivity contribution in [1.29, 1.82) is 0 Å². The van der Waals surface area contributed by atoms with Gasteiger partial charge in [-0.1, -0.05) is 6.92 Å². The summed E-state index contributed by atoms with van der Waals surface area (Å²) in [7, 11) is 0. The molecule has 1 aromatic heterocycles. The molecule has 2 bridgehead atoms. The third-order valence-electron chi connectivity index (χ3n) is 10.1. The average molecular weight is 644 g/mol. The van der Waals surface area contributed by atoms with Gasteiger partial charge in [-0.15, -0.1) is 0 Å². The number of anilines is 5. The monoisotopic (exact) mass is 643 g/mol. The Morgan fingerprint density at radius 2 is 1.32 bits per heavy atom. The molecule has 4 N–H and O–H groups in total. The number of urea groups is 1. The fraction of sp³-hybridized carbons (Fsp3) is 0.529. The largest absolute Gasteiger partial charge is 0.394 e. The number of aromatic nitrogens is 3. The van der Waals surface area contributed by atoms with E-state index in [1.54, 1.807) is 0 Å². The molecular formula is C34H45N9O4. The second-order valence-electron chi connectivity index (χ2n) is 12.9. The van der Waals surface area contributed by atoms with Crippen molar-refractivity contribution >= 4 is 35.0 Å². The molecule has 7 rings (SSSR count). The first kappa shape index (κ1) is 31.6. The van der Waals surface area contributed by atoms with Crippen LogP contribution in [0.15, 0.2) is 48.5 Å².